The molecule has 1 atom stereocenters. The highest BCUT2D eigenvalue weighted by Gasteiger charge is 2.35. The van der Waals surface area contributed by atoms with Crippen LogP contribution in [0.2, 0.25) is 0 Å². The summed E-state index contributed by atoms with van der Waals surface area (Å²) in [6.45, 7) is 5.29. The first kappa shape index (κ1) is 18.4. The molecule has 3 aliphatic rings. The van der Waals surface area contributed by atoms with Gasteiger partial charge in [-0.05, 0) is 25.0 Å². The van der Waals surface area contributed by atoms with E-state index in [2.05, 4.69) is 14.8 Å². The summed E-state index contributed by atoms with van der Waals surface area (Å²) in [5.41, 5.74) is -0.502. The Morgan fingerprint density at radius 1 is 1.14 bits per heavy atom. The summed E-state index contributed by atoms with van der Waals surface area (Å²) < 4.78 is 41.4. The fraction of sp³-hybridized carbons (Fsp3) is 0.579. The Balaban J connectivity index is 1.39. The molecular weight excluding hydrogens is 389 g/mol. The van der Waals surface area contributed by atoms with E-state index < -0.39 is 17.4 Å². The highest BCUT2D eigenvalue weighted by Crippen LogP contribution is 2.40. The molecule has 28 heavy (non-hydrogen) atoms. The van der Waals surface area contributed by atoms with Gasteiger partial charge in [0.25, 0.3) is 0 Å². The fourth-order valence-corrected chi connectivity index (χ4v) is 5.69. The number of alkyl halides is 3. The highest BCUT2D eigenvalue weighted by molar-refractivity contribution is 8.00. The molecular formula is C19H21F3N4OS. The number of rotatable bonds is 3. The number of halogens is 3. The van der Waals surface area contributed by atoms with Crippen LogP contribution in [0.1, 0.15) is 18.4 Å². The number of piperazine rings is 1. The summed E-state index contributed by atoms with van der Waals surface area (Å²) in [5.74, 6) is 0. The molecule has 0 radical (unpaired) electrons. The maximum atomic E-state index is 13.3. The van der Waals surface area contributed by atoms with Crippen LogP contribution in [0.25, 0.3) is 10.9 Å². The summed E-state index contributed by atoms with van der Waals surface area (Å²) in [4.78, 5) is 21.5. The molecule has 1 unspecified atom stereocenters. The molecule has 5 nitrogen and oxygen atoms in total. The lowest BCUT2D eigenvalue weighted by atomic mass is 10.1. The Kier molecular flexibility index (Phi) is 4.44. The Labute approximate surface area is 164 Å². The van der Waals surface area contributed by atoms with E-state index in [1.807, 2.05) is 0 Å². The summed E-state index contributed by atoms with van der Waals surface area (Å²) in [7, 11) is 0. The SMILES string of the molecule is O=c1ncc2cc(C(F)(F)F)cc3c2n1CC(CN1CCN(C2CC2)CC1)S3. The van der Waals surface area contributed by atoms with Gasteiger partial charge in [0.2, 0.25) is 0 Å². The first-order chi connectivity index (χ1) is 13.4. The van der Waals surface area contributed by atoms with Crippen LogP contribution in [0.4, 0.5) is 13.2 Å². The molecule has 9 heteroatoms. The van der Waals surface area contributed by atoms with Gasteiger partial charge < -0.3 is 0 Å². The molecule has 1 saturated carbocycles. The molecule has 1 saturated heterocycles. The number of hydrogen-bond donors (Lipinski definition) is 0. The third-order valence-corrected chi connectivity index (χ3v) is 7.06. The van der Waals surface area contributed by atoms with Crippen LogP contribution >= 0.6 is 11.8 Å². The van der Waals surface area contributed by atoms with Gasteiger partial charge in [-0.25, -0.2) is 9.78 Å². The predicted molar refractivity (Wildman–Crippen MR) is 102 cm³/mol. The molecule has 150 valence electrons. The maximum absolute atomic E-state index is 13.3. The van der Waals surface area contributed by atoms with Crippen molar-refractivity contribution in [1.29, 1.82) is 0 Å². The number of thioether (sulfide) groups is 1. The topological polar surface area (TPSA) is 41.4 Å². The van der Waals surface area contributed by atoms with Gasteiger partial charge in [-0.2, -0.15) is 13.2 Å². The van der Waals surface area contributed by atoms with Crippen molar-refractivity contribution in [2.75, 3.05) is 32.7 Å². The van der Waals surface area contributed by atoms with Crippen LogP contribution in [0, 0.1) is 0 Å². The van der Waals surface area contributed by atoms with Gasteiger partial charge in [0, 0.05) is 67.0 Å². The van der Waals surface area contributed by atoms with Crippen molar-refractivity contribution in [3.63, 3.8) is 0 Å². The largest absolute Gasteiger partial charge is 0.416 e. The van der Waals surface area contributed by atoms with E-state index in [1.165, 1.54) is 36.9 Å². The molecule has 0 N–H and O–H groups in total. The van der Waals surface area contributed by atoms with E-state index in [4.69, 9.17) is 0 Å². The molecule has 0 spiro atoms. The van der Waals surface area contributed by atoms with E-state index in [9.17, 15) is 18.0 Å². The first-order valence-corrected chi connectivity index (χ1v) is 10.5. The van der Waals surface area contributed by atoms with E-state index in [0.29, 0.717) is 22.3 Å². The predicted octanol–water partition coefficient (Wildman–Crippen LogP) is 2.67. The molecule has 2 aliphatic heterocycles. The van der Waals surface area contributed by atoms with Gasteiger partial charge in [0.15, 0.2) is 0 Å². The highest BCUT2D eigenvalue weighted by atomic mass is 32.2. The van der Waals surface area contributed by atoms with E-state index in [1.54, 1.807) is 4.57 Å². The van der Waals surface area contributed by atoms with E-state index >= 15 is 0 Å². The normalized spacial score (nSPS) is 24.0. The van der Waals surface area contributed by atoms with Crippen molar-refractivity contribution in [3.05, 3.63) is 34.4 Å². The van der Waals surface area contributed by atoms with Crippen molar-refractivity contribution in [2.45, 2.75) is 41.7 Å². The molecule has 0 amide bonds. The second-order valence-corrected chi connectivity index (χ2v) is 9.21. The van der Waals surface area contributed by atoms with Gasteiger partial charge in [-0.15, -0.1) is 11.8 Å². The van der Waals surface area contributed by atoms with Gasteiger partial charge in [0.1, 0.15) is 0 Å². The van der Waals surface area contributed by atoms with Gasteiger partial charge >= 0.3 is 11.9 Å². The van der Waals surface area contributed by atoms with Crippen LogP contribution in [-0.4, -0.2) is 63.4 Å². The number of hydrogen-bond acceptors (Lipinski definition) is 5. The van der Waals surface area contributed by atoms with Crippen LogP contribution in [0.3, 0.4) is 0 Å². The monoisotopic (exact) mass is 410 g/mol. The van der Waals surface area contributed by atoms with Crippen molar-refractivity contribution in [3.8, 4) is 0 Å². The Bertz CT molecular complexity index is 964. The van der Waals surface area contributed by atoms with Crippen molar-refractivity contribution in [2.24, 2.45) is 0 Å². The Morgan fingerprint density at radius 2 is 1.89 bits per heavy atom. The molecule has 0 bridgehead atoms. The summed E-state index contributed by atoms with van der Waals surface area (Å²) >= 11 is 1.46. The minimum Gasteiger partial charge on any atom is -0.300 e. The number of benzene rings is 1. The lowest BCUT2D eigenvalue weighted by molar-refractivity contribution is -0.137. The third-order valence-electron chi connectivity index (χ3n) is 5.86. The average Bonchev–Trinajstić information content (AvgIpc) is 3.49. The zero-order valence-corrected chi connectivity index (χ0v) is 16.1. The summed E-state index contributed by atoms with van der Waals surface area (Å²) in [6.07, 6.45) is -0.559. The first-order valence-electron chi connectivity index (χ1n) is 9.62. The second-order valence-electron chi connectivity index (χ2n) is 7.87. The van der Waals surface area contributed by atoms with Crippen LogP contribution in [0.15, 0.2) is 28.0 Å². The van der Waals surface area contributed by atoms with Crippen molar-refractivity contribution >= 4 is 22.7 Å². The summed E-state index contributed by atoms with van der Waals surface area (Å²) in [5, 5.41) is 0.405. The molecule has 5 rings (SSSR count). The van der Waals surface area contributed by atoms with Gasteiger partial charge in [0.05, 0.1) is 11.1 Å². The zero-order chi connectivity index (χ0) is 19.5. The molecule has 2 aromatic rings. The van der Waals surface area contributed by atoms with Crippen LogP contribution in [-0.2, 0) is 12.7 Å². The molecule has 1 aromatic heterocycles. The third kappa shape index (κ3) is 3.44. The molecule has 1 aliphatic carbocycles. The lowest BCUT2D eigenvalue weighted by Crippen LogP contribution is -2.49. The van der Waals surface area contributed by atoms with Gasteiger partial charge in [-0.3, -0.25) is 14.4 Å². The molecule has 1 aromatic carbocycles. The summed E-state index contributed by atoms with van der Waals surface area (Å²) in [6, 6.07) is 3.03. The van der Waals surface area contributed by atoms with Crippen LogP contribution < -0.4 is 5.69 Å². The van der Waals surface area contributed by atoms with Gasteiger partial charge in [-0.1, -0.05) is 0 Å². The minimum atomic E-state index is -4.42. The smallest absolute Gasteiger partial charge is 0.300 e. The Morgan fingerprint density at radius 3 is 2.57 bits per heavy atom. The number of aromatic nitrogens is 2. The average molecular weight is 410 g/mol. The fourth-order valence-electron chi connectivity index (χ4n) is 4.28. The minimum absolute atomic E-state index is 0.0357. The quantitative estimate of drug-likeness (QED) is 0.778. The molecule has 3 heterocycles. The maximum Gasteiger partial charge on any atom is 0.416 e. The van der Waals surface area contributed by atoms with E-state index in [0.717, 1.165) is 44.8 Å². The number of nitrogens with zero attached hydrogens (tertiary/aromatic N) is 4. The second kappa shape index (κ2) is 6.74. The van der Waals surface area contributed by atoms with E-state index in [-0.39, 0.29) is 5.25 Å². The lowest BCUT2D eigenvalue weighted by Gasteiger charge is -2.37. The Hall–Kier alpha value is -1.58. The molecule has 2 fully saturated rings. The standard InChI is InChI=1S/C19H21F3N4OS/c20-19(21,22)13-7-12-9-23-18(27)26-11-15(28-16(8-13)17(12)26)10-24-3-5-25(6-4-24)14-1-2-14/h7-9,14-15H,1-6,10-11H2. The van der Waals surface area contributed by atoms with Crippen molar-refractivity contribution in [1.82, 2.24) is 19.4 Å². The zero-order valence-electron chi connectivity index (χ0n) is 15.3. The van der Waals surface area contributed by atoms with Crippen LogP contribution in [0.5, 0.6) is 0 Å². The van der Waals surface area contributed by atoms with Crippen molar-refractivity contribution < 1.29 is 13.2 Å².